The molecule has 5 nitrogen and oxygen atoms in total. The van der Waals surface area contributed by atoms with Crippen LogP contribution in [0, 0.1) is 5.41 Å². The van der Waals surface area contributed by atoms with Gasteiger partial charge in [-0.25, -0.2) is 4.79 Å². The van der Waals surface area contributed by atoms with Crippen LogP contribution in [0.25, 0.3) is 0 Å². The molecule has 0 radical (unpaired) electrons. The lowest BCUT2D eigenvalue weighted by Gasteiger charge is -2.32. The quantitative estimate of drug-likeness (QED) is 0.420. The van der Waals surface area contributed by atoms with Crippen LogP contribution < -0.4 is 11.1 Å². The van der Waals surface area contributed by atoms with E-state index in [1.165, 1.54) is 7.11 Å². The highest BCUT2D eigenvalue weighted by molar-refractivity contribution is 7.80. The van der Waals surface area contributed by atoms with E-state index in [0.717, 1.165) is 42.7 Å². The van der Waals surface area contributed by atoms with Crippen molar-refractivity contribution < 1.29 is 14.3 Å². The molecule has 0 spiro atoms. The van der Waals surface area contributed by atoms with Crippen molar-refractivity contribution in [3.8, 4) is 0 Å². The number of rotatable bonds is 8. The zero-order valence-corrected chi connectivity index (χ0v) is 15.9. The summed E-state index contributed by atoms with van der Waals surface area (Å²) in [7, 11) is 3.11. The summed E-state index contributed by atoms with van der Waals surface area (Å²) in [5.74, 6) is -0.306. The van der Waals surface area contributed by atoms with Gasteiger partial charge in [0.05, 0.1) is 12.1 Å². The van der Waals surface area contributed by atoms with Gasteiger partial charge in [-0.3, -0.25) is 0 Å². The van der Waals surface area contributed by atoms with Crippen LogP contribution in [0.15, 0.2) is 24.3 Å². The van der Waals surface area contributed by atoms with E-state index in [1.54, 1.807) is 7.11 Å². The zero-order chi connectivity index (χ0) is 18.3. The van der Waals surface area contributed by atoms with E-state index < -0.39 is 6.04 Å². The fraction of sp³-hybridized carbons (Fsp3) is 0.579. The summed E-state index contributed by atoms with van der Waals surface area (Å²) in [6.07, 6.45) is 5.78. The van der Waals surface area contributed by atoms with E-state index in [2.05, 4.69) is 5.32 Å². The van der Waals surface area contributed by atoms with Crippen molar-refractivity contribution in [2.45, 2.75) is 44.6 Å². The van der Waals surface area contributed by atoms with Gasteiger partial charge in [0.2, 0.25) is 0 Å². The Morgan fingerprint density at radius 3 is 2.48 bits per heavy atom. The SMILES string of the molecule is COCCC1(C(=S)NC(Cc2ccc(N)cc2)C(=O)OC)CCCC1. The minimum atomic E-state index is -0.499. The Labute approximate surface area is 155 Å². The Hall–Kier alpha value is -1.66. The van der Waals surface area contributed by atoms with Gasteiger partial charge in [0.25, 0.3) is 0 Å². The third-order valence-electron chi connectivity index (χ3n) is 5.04. The summed E-state index contributed by atoms with van der Waals surface area (Å²) in [5.41, 5.74) is 7.37. The van der Waals surface area contributed by atoms with Gasteiger partial charge in [-0.15, -0.1) is 0 Å². The predicted molar refractivity (Wildman–Crippen MR) is 103 cm³/mol. The highest BCUT2D eigenvalue weighted by Crippen LogP contribution is 2.42. The molecule has 138 valence electrons. The summed E-state index contributed by atoms with van der Waals surface area (Å²) in [6.45, 7) is 0.669. The van der Waals surface area contributed by atoms with Crippen molar-refractivity contribution in [2.24, 2.45) is 5.41 Å². The van der Waals surface area contributed by atoms with E-state index in [9.17, 15) is 4.79 Å². The van der Waals surface area contributed by atoms with Gasteiger partial charge in [0, 0.05) is 31.2 Å². The van der Waals surface area contributed by atoms with Crippen LogP contribution in [0.1, 0.15) is 37.7 Å². The standard InChI is InChI=1S/C19H28N2O3S/c1-23-12-11-19(9-3-4-10-19)18(25)21-16(17(22)24-2)13-14-5-7-15(20)8-6-14/h5-8,16H,3-4,9-13,20H2,1-2H3,(H,21,25). The molecular formula is C19H28N2O3S. The molecule has 1 fully saturated rings. The summed E-state index contributed by atoms with van der Waals surface area (Å²) in [4.78, 5) is 13.0. The topological polar surface area (TPSA) is 73.6 Å². The summed E-state index contributed by atoms with van der Waals surface area (Å²) in [6, 6.07) is 7.01. The maximum Gasteiger partial charge on any atom is 0.328 e. The molecule has 2 rings (SSSR count). The van der Waals surface area contributed by atoms with Gasteiger partial charge in [-0.1, -0.05) is 37.2 Å². The Bertz CT molecular complexity index is 583. The average molecular weight is 365 g/mol. The summed E-state index contributed by atoms with van der Waals surface area (Å²) in [5, 5.41) is 3.29. The monoisotopic (exact) mass is 364 g/mol. The number of hydrogen-bond acceptors (Lipinski definition) is 5. The van der Waals surface area contributed by atoms with Crippen LogP contribution in [-0.2, 0) is 20.7 Å². The van der Waals surface area contributed by atoms with Gasteiger partial charge in [-0.05, 0) is 37.0 Å². The van der Waals surface area contributed by atoms with Gasteiger partial charge in [0.15, 0.2) is 0 Å². The fourth-order valence-electron chi connectivity index (χ4n) is 3.48. The van der Waals surface area contributed by atoms with Crippen LogP contribution in [0.2, 0.25) is 0 Å². The van der Waals surface area contributed by atoms with Gasteiger partial charge >= 0.3 is 5.97 Å². The molecule has 0 amide bonds. The van der Waals surface area contributed by atoms with E-state index in [1.807, 2.05) is 24.3 Å². The molecule has 1 atom stereocenters. The lowest BCUT2D eigenvalue weighted by molar-refractivity contribution is -0.142. The average Bonchev–Trinajstić information content (AvgIpc) is 3.10. The fourth-order valence-corrected chi connectivity index (χ4v) is 3.92. The number of esters is 1. The second-order valence-corrected chi connectivity index (χ2v) is 7.13. The number of carbonyl (C=O) groups is 1. The maximum absolute atomic E-state index is 12.3. The number of ether oxygens (including phenoxy) is 2. The largest absolute Gasteiger partial charge is 0.467 e. The highest BCUT2D eigenvalue weighted by Gasteiger charge is 2.39. The van der Waals surface area contributed by atoms with Crippen LogP contribution in [0.4, 0.5) is 5.69 Å². The number of nitrogens with one attached hydrogen (secondary N) is 1. The van der Waals surface area contributed by atoms with Crippen LogP contribution in [-0.4, -0.2) is 37.8 Å². The van der Waals surface area contributed by atoms with E-state index in [4.69, 9.17) is 27.4 Å². The third kappa shape index (κ3) is 5.16. The molecule has 1 aromatic carbocycles. The van der Waals surface area contributed by atoms with E-state index >= 15 is 0 Å². The third-order valence-corrected chi connectivity index (χ3v) is 5.59. The Kier molecular flexibility index (Phi) is 7.20. The number of methoxy groups -OCH3 is 2. The second-order valence-electron chi connectivity index (χ2n) is 6.73. The van der Waals surface area contributed by atoms with Crippen molar-refractivity contribution >= 4 is 28.9 Å². The number of nitrogen functional groups attached to an aromatic ring is 1. The Morgan fingerprint density at radius 2 is 1.92 bits per heavy atom. The molecule has 1 aliphatic rings. The van der Waals surface area contributed by atoms with E-state index in [0.29, 0.717) is 18.7 Å². The highest BCUT2D eigenvalue weighted by atomic mass is 32.1. The first kappa shape index (κ1) is 19.7. The molecular weight excluding hydrogens is 336 g/mol. The van der Waals surface area contributed by atoms with Crippen LogP contribution >= 0.6 is 12.2 Å². The van der Waals surface area contributed by atoms with Crippen molar-refractivity contribution in [3.63, 3.8) is 0 Å². The van der Waals surface area contributed by atoms with E-state index in [-0.39, 0.29) is 11.4 Å². The molecule has 0 bridgehead atoms. The zero-order valence-electron chi connectivity index (χ0n) is 15.0. The molecule has 1 aromatic rings. The number of nitrogens with two attached hydrogens (primary N) is 1. The molecule has 1 unspecified atom stereocenters. The van der Waals surface area contributed by atoms with Crippen LogP contribution in [0.3, 0.4) is 0 Å². The minimum absolute atomic E-state index is 0.0707. The predicted octanol–water partition coefficient (Wildman–Crippen LogP) is 2.87. The molecule has 1 saturated carbocycles. The van der Waals surface area contributed by atoms with Gasteiger partial charge in [0.1, 0.15) is 6.04 Å². The Balaban J connectivity index is 2.10. The molecule has 0 aliphatic heterocycles. The second kappa shape index (κ2) is 9.15. The van der Waals surface area contributed by atoms with Gasteiger partial charge in [-0.2, -0.15) is 0 Å². The maximum atomic E-state index is 12.3. The number of thiocarbonyl (C=S) groups is 1. The molecule has 0 saturated heterocycles. The minimum Gasteiger partial charge on any atom is -0.467 e. The van der Waals surface area contributed by atoms with Crippen molar-refractivity contribution in [2.75, 3.05) is 26.6 Å². The number of carbonyl (C=O) groups excluding carboxylic acids is 1. The lowest BCUT2D eigenvalue weighted by atomic mass is 9.82. The molecule has 3 N–H and O–H groups in total. The molecule has 6 heteroatoms. The van der Waals surface area contributed by atoms with Crippen molar-refractivity contribution in [1.82, 2.24) is 5.32 Å². The molecule has 0 heterocycles. The molecule has 25 heavy (non-hydrogen) atoms. The Morgan fingerprint density at radius 1 is 1.28 bits per heavy atom. The van der Waals surface area contributed by atoms with Crippen LogP contribution in [0.5, 0.6) is 0 Å². The first-order chi connectivity index (χ1) is 12.0. The first-order valence-corrected chi connectivity index (χ1v) is 9.14. The van der Waals surface area contributed by atoms with Gasteiger partial charge < -0.3 is 20.5 Å². The smallest absolute Gasteiger partial charge is 0.328 e. The first-order valence-electron chi connectivity index (χ1n) is 8.73. The number of anilines is 1. The summed E-state index contributed by atoms with van der Waals surface area (Å²) >= 11 is 5.73. The number of hydrogen-bond donors (Lipinski definition) is 2. The normalized spacial score (nSPS) is 17.0. The number of benzene rings is 1. The molecule has 1 aliphatic carbocycles. The summed E-state index contributed by atoms with van der Waals surface area (Å²) < 4.78 is 10.2. The lowest BCUT2D eigenvalue weighted by Crippen LogP contribution is -2.48. The van der Waals surface area contributed by atoms with Crippen molar-refractivity contribution in [3.05, 3.63) is 29.8 Å². The van der Waals surface area contributed by atoms with Crippen molar-refractivity contribution in [1.29, 1.82) is 0 Å². The molecule has 0 aromatic heterocycles.